The first-order valence-corrected chi connectivity index (χ1v) is 8.08. The predicted molar refractivity (Wildman–Crippen MR) is 89.0 cm³/mol. The minimum absolute atomic E-state index is 0.596. The maximum Gasteiger partial charge on any atom is 0.134 e. The molecule has 0 saturated carbocycles. The van der Waals surface area contributed by atoms with Gasteiger partial charge in [-0.2, -0.15) is 0 Å². The van der Waals surface area contributed by atoms with Crippen LogP contribution in [0.25, 0.3) is 0 Å². The first kappa shape index (κ1) is 17.7. The molecular weight excluding hydrogens is 264 g/mol. The van der Waals surface area contributed by atoms with Gasteiger partial charge in [0.15, 0.2) is 0 Å². The molecule has 0 bridgehead atoms. The zero-order valence-electron chi connectivity index (χ0n) is 13.9. The molecule has 0 aliphatic carbocycles. The van der Waals surface area contributed by atoms with Crippen LogP contribution in [0.15, 0.2) is 6.33 Å². The van der Waals surface area contributed by atoms with E-state index in [1.165, 1.54) is 0 Å². The molecule has 5 nitrogen and oxygen atoms in total. The minimum Gasteiger partial charge on any atom is -0.381 e. The molecule has 0 amide bonds. The van der Waals surface area contributed by atoms with E-state index in [1.54, 1.807) is 6.33 Å². The lowest BCUT2D eigenvalue weighted by molar-refractivity contribution is 0.110. The number of rotatable bonds is 11. The normalized spacial score (nSPS) is 10.9. The van der Waals surface area contributed by atoms with Crippen LogP contribution in [0.2, 0.25) is 0 Å². The van der Waals surface area contributed by atoms with Crippen molar-refractivity contribution >= 4 is 11.6 Å². The molecule has 0 aliphatic heterocycles. The van der Waals surface area contributed by atoms with Gasteiger partial charge in [-0.25, -0.2) is 9.97 Å². The molecule has 0 spiro atoms. The van der Waals surface area contributed by atoms with Crippen LogP contribution in [0.3, 0.4) is 0 Å². The number of hydrogen-bond donors (Lipinski definition) is 2. The zero-order valence-corrected chi connectivity index (χ0v) is 13.9. The van der Waals surface area contributed by atoms with E-state index in [9.17, 15) is 0 Å². The minimum atomic E-state index is 0.596. The Morgan fingerprint density at radius 1 is 1.10 bits per heavy atom. The summed E-state index contributed by atoms with van der Waals surface area (Å²) in [7, 11) is 0. The fourth-order valence-corrected chi connectivity index (χ4v) is 2.00. The van der Waals surface area contributed by atoms with Gasteiger partial charge in [-0.05, 0) is 25.2 Å². The summed E-state index contributed by atoms with van der Waals surface area (Å²) in [6, 6.07) is 0. The van der Waals surface area contributed by atoms with E-state index in [4.69, 9.17) is 4.74 Å². The van der Waals surface area contributed by atoms with Crippen LogP contribution in [0.5, 0.6) is 0 Å². The average molecular weight is 294 g/mol. The maximum absolute atomic E-state index is 5.58. The number of ether oxygens (including phenoxy) is 1. The zero-order chi connectivity index (χ0) is 15.5. The molecule has 0 saturated heterocycles. The molecule has 120 valence electrons. The van der Waals surface area contributed by atoms with Crippen LogP contribution in [0, 0.1) is 5.92 Å². The SMILES string of the molecule is CCCNc1ncnc(NCCCOCC(C)C)c1CC. The van der Waals surface area contributed by atoms with Crippen LogP contribution in [-0.4, -0.2) is 36.3 Å². The molecule has 5 heteroatoms. The van der Waals surface area contributed by atoms with Crippen molar-refractivity contribution < 1.29 is 4.74 Å². The van der Waals surface area contributed by atoms with Gasteiger partial charge in [0.2, 0.25) is 0 Å². The van der Waals surface area contributed by atoms with Crippen molar-refractivity contribution in [3.8, 4) is 0 Å². The van der Waals surface area contributed by atoms with E-state index in [0.717, 1.165) is 62.8 Å². The second-order valence-electron chi connectivity index (χ2n) is 5.58. The van der Waals surface area contributed by atoms with Gasteiger partial charge in [-0.3, -0.25) is 0 Å². The molecule has 1 aromatic heterocycles. The van der Waals surface area contributed by atoms with Gasteiger partial charge in [0, 0.05) is 31.9 Å². The summed E-state index contributed by atoms with van der Waals surface area (Å²) in [4.78, 5) is 8.70. The van der Waals surface area contributed by atoms with E-state index in [-0.39, 0.29) is 0 Å². The third-order valence-corrected chi connectivity index (χ3v) is 3.05. The van der Waals surface area contributed by atoms with Gasteiger partial charge >= 0.3 is 0 Å². The van der Waals surface area contributed by atoms with Gasteiger partial charge in [0.05, 0.1) is 0 Å². The Balaban J connectivity index is 2.43. The number of anilines is 2. The topological polar surface area (TPSA) is 59.1 Å². The fraction of sp³-hybridized carbons (Fsp3) is 0.750. The van der Waals surface area contributed by atoms with Gasteiger partial charge in [-0.1, -0.05) is 27.7 Å². The summed E-state index contributed by atoms with van der Waals surface area (Å²) >= 11 is 0. The molecule has 1 rings (SSSR count). The molecule has 0 atom stereocenters. The molecule has 21 heavy (non-hydrogen) atoms. The molecule has 0 fully saturated rings. The first-order chi connectivity index (χ1) is 10.2. The van der Waals surface area contributed by atoms with Crippen LogP contribution >= 0.6 is 0 Å². The highest BCUT2D eigenvalue weighted by Crippen LogP contribution is 2.20. The molecule has 0 aliphatic rings. The van der Waals surface area contributed by atoms with Crippen molar-refractivity contribution in [2.24, 2.45) is 5.92 Å². The van der Waals surface area contributed by atoms with Crippen LogP contribution in [-0.2, 0) is 11.2 Å². The van der Waals surface area contributed by atoms with Gasteiger partial charge < -0.3 is 15.4 Å². The van der Waals surface area contributed by atoms with Gasteiger partial charge in [0.1, 0.15) is 18.0 Å². The number of hydrogen-bond acceptors (Lipinski definition) is 5. The Hall–Kier alpha value is -1.36. The predicted octanol–water partition coefficient (Wildman–Crippen LogP) is 3.34. The fourth-order valence-electron chi connectivity index (χ4n) is 2.00. The van der Waals surface area contributed by atoms with Crippen LogP contribution < -0.4 is 10.6 Å². The smallest absolute Gasteiger partial charge is 0.134 e. The van der Waals surface area contributed by atoms with E-state index < -0.39 is 0 Å². The quantitative estimate of drug-likeness (QED) is 0.613. The summed E-state index contributed by atoms with van der Waals surface area (Å²) in [6.45, 7) is 12.0. The average Bonchev–Trinajstić information content (AvgIpc) is 2.48. The van der Waals surface area contributed by atoms with Crippen molar-refractivity contribution in [1.29, 1.82) is 0 Å². The highest BCUT2D eigenvalue weighted by molar-refractivity contribution is 5.57. The van der Waals surface area contributed by atoms with Crippen molar-refractivity contribution in [2.75, 3.05) is 36.9 Å². The molecule has 2 N–H and O–H groups in total. The lowest BCUT2D eigenvalue weighted by atomic mass is 10.2. The summed E-state index contributed by atoms with van der Waals surface area (Å²) in [6.07, 6.45) is 4.61. The standard InChI is InChI=1S/C16H30N4O/c1-5-8-17-15-14(6-2)16(20-12-19-15)18-9-7-10-21-11-13(3)4/h12-13H,5-11H2,1-4H3,(H2,17,18,19,20). The third kappa shape index (κ3) is 6.76. The largest absolute Gasteiger partial charge is 0.381 e. The Morgan fingerprint density at radius 2 is 1.76 bits per heavy atom. The number of nitrogens with zero attached hydrogens (tertiary/aromatic N) is 2. The van der Waals surface area contributed by atoms with Crippen molar-refractivity contribution in [3.05, 3.63) is 11.9 Å². The second kappa shape index (κ2) is 10.4. The summed E-state index contributed by atoms with van der Waals surface area (Å²) in [5.74, 6) is 2.49. The van der Waals surface area contributed by atoms with Crippen LogP contribution in [0.4, 0.5) is 11.6 Å². The highest BCUT2D eigenvalue weighted by atomic mass is 16.5. The molecule has 0 radical (unpaired) electrons. The summed E-state index contributed by atoms with van der Waals surface area (Å²) < 4.78 is 5.58. The summed E-state index contributed by atoms with van der Waals surface area (Å²) in [5, 5.41) is 6.76. The first-order valence-electron chi connectivity index (χ1n) is 8.08. The monoisotopic (exact) mass is 294 g/mol. The summed E-state index contributed by atoms with van der Waals surface area (Å²) in [5.41, 5.74) is 1.16. The Bertz CT molecular complexity index is 396. The maximum atomic E-state index is 5.58. The van der Waals surface area contributed by atoms with Crippen molar-refractivity contribution in [2.45, 2.75) is 47.0 Å². The number of nitrogens with one attached hydrogen (secondary N) is 2. The number of aromatic nitrogens is 2. The molecular formula is C16H30N4O. The molecule has 0 aromatic carbocycles. The van der Waals surface area contributed by atoms with E-state index >= 15 is 0 Å². The van der Waals surface area contributed by atoms with Crippen LogP contribution in [0.1, 0.15) is 46.1 Å². The van der Waals surface area contributed by atoms with Gasteiger partial charge in [-0.15, -0.1) is 0 Å². The third-order valence-electron chi connectivity index (χ3n) is 3.05. The second-order valence-corrected chi connectivity index (χ2v) is 5.58. The Labute approximate surface area is 128 Å². The lowest BCUT2D eigenvalue weighted by Gasteiger charge is -2.14. The van der Waals surface area contributed by atoms with E-state index in [1.807, 2.05) is 0 Å². The Morgan fingerprint density at radius 3 is 2.33 bits per heavy atom. The molecule has 0 unspecified atom stereocenters. The van der Waals surface area contributed by atoms with E-state index in [2.05, 4.69) is 48.3 Å². The lowest BCUT2D eigenvalue weighted by Crippen LogP contribution is -2.13. The molecule has 1 heterocycles. The Kier molecular flexibility index (Phi) is 8.74. The van der Waals surface area contributed by atoms with Crippen molar-refractivity contribution in [1.82, 2.24) is 9.97 Å². The van der Waals surface area contributed by atoms with Crippen molar-refractivity contribution in [3.63, 3.8) is 0 Å². The molecule has 1 aromatic rings. The van der Waals surface area contributed by atoms with E-state index in [0.29, 0.717) is 5.92 Å². The highest BCUT2D eigenvalue weighted by Gasteiger charge is 2.08. The van der Waals surface area contributed by atoms with Gasteiger partial charge in [0.25, 0.3) is 0 Å².